The van der Waals surface area contributed by atoms with Gasteiger partial charge in [-0.05, 0) is 48.8 Å². The van der Waals surface area contributed by atoms with Gasteiger partial charge in [-0.1, -0.05) is 39.0 Å². The van der Waals surface area contributed by atoms with E-state index in [-0.39, 0.29) is 5.41 Å². The van der Waals surface area contributed by atoms with Crippen LogP contribution >= 0.6 is 0 Å². The van der Waals surface area contributed by atoms with Crippen LogP contribution in [0.3, 0.4) is 0 Å². The predicted octanol–water partition coefficient (Wildman–Crippen LogP) is 4.06. The molecule has 0 heterocycles. The van der Waals surface area contributed by atoms with Crippen LogP contribution in [0.5, 0.6) is 0 Å². The lowest BCUT2D eigenvalue weighted by atomic mass is 9.72. The Hall–Kier alpha value is -1.65. The summed E-state index contributed by atoms with van der Waals surface area (Å²) in [6.07, 6.45) is 6.36. The largest absolute Gasteiger partial charge is 0.309 e. The Morgan fingerprint density at radius 3 is 2.30 bits per heavy atom. The summed E-state index contributed by atoms with van der Waals surface area (Å²) < 4.78 is 0. The average Bonchev–Trinajstić information content (AvgIpc) is 2.60. The molecule has 1 amide bonds. The number of benzene rings is 1. The van der Waals surface area contributed by atoms with Crippen molar-refractivity contribution in [2.75, 3.05) is 0 Å². The van der Waals surface area contributed by atoms with Gasteiger partial charge < -0.3 is 5.32 Å². The van der Waals surface area contributed by atoms with E-state index in [2.05, 4.69) is 32.7 Å². The van der Waals surface area contributed by atoms with Gasteiger partial charge >= 0.3 is 0 Å². The fraction of sp³-hybridized carbons (Fsp3) is 0.526. The fourth-order valence-corrected chi connectivity index (χ4v) is 3.33. The molecule has 0 bridgehead atoms. The summed E-state index contributed by atoms with van der Waals surface area (Å²) in [5.74, 6) is -0.488. The van der Waals surface area contributed by atoms with E-state index in [0.717, 1.165) is 37.8 Å². The van der Waals surface area contributed by atoms with Gasteiger partial charge in [-0.15, -0.1) is 6.58 Å². The number of hydrogen-bond donors (Lipinski definition) is 3. The van der Waals surface area contributed by atoms with E-state index in [1.165, 1.54) is 0 Å². The number of carbonyl (C=O) groups excluding carboxylic acids is 1. The van der Waals surface area contributed by atoms with Gasteiger partial charge in [0.25, 0.3) is 5.91 Å². The average molecular weight is 318 g/mol. The second kappa shape index (κ2) is 9.48. The molecule has 0 fully saturated rings. The number of amides is 1. The number of nitrogens with one attached hydrogen (secondary N) is 2. The Balaban J connectivity index is 2.76. The molecule has 23 heavy (non-hydrogen) atoms. The molecule has 0 aliphatic heterocycles. The van der Waals surface area contributed by atoms with Crippen LogP contribution in [-0.2, 0) is 6.54 Å². The summed E-state index contributed by atoms with van der Waals surface area (Å²) in [6.45, 7) is 11.4. The maximum absolute atomic E-state index is 11.3. The summed E-state index contributed by atoms with van der Waals surface area (Å²) in [5.41, 5.74) is 3.46. The van der Waals surface area contributed by atoms with Gasteiger partial charge in [0, 0.05) is 18.2 Å². The number of carbonyl (C=O) groups is 1. The minimum absolute atomic E-state index is 0.243. The van der Waals surface area contributed by atoms with Crippen LogP contribution in [0.2, 0.25) is 0 Å². The molecule has 4 heteroatoms. The first kappa shape index (κ1) is 19.4. The predicted molar refractivity (Wildman–Crippen MR) is 94.4 cm³/mol. The molecular formula is C19H30N2O2. The zero-order chi connectivity index (χ0) is 17.3. The standard InChI is InChI=1S/C19H30N2O2/c1-5-13-19(7-3,8-4)17(6-2)20-14-15-9-11-16(12-10-15)18(22)21-23/h5,9-12,17,20,23H,1,6-8,13-14H2,2-4H3,(H,21,22). The molecule has 0 aliphatic rings. The van der Waals surface area contributed by atoms with E-state index in [9.17, 15) is 4.79 Å². The fourth-order valence-electron chi connectivity index (χ4n) is 3.33. The van der Waals surface area contributed by atoms with Crippen LogP contribution in [0.25, 0.3) is 0 Å². The topological polar surface area (TPSA) is 61.4 Å². The Labute approximate surface area is 139 Å². The zero-order valence-electron chi connectivity index (χ0n) is 14.6. The van der Waals surface area contributed by atoms with Crippen molar-refractivity contribution in [1.82, 2.24) is 10.8 Å². The first-order valence-electron chi connectivity index (χ1n) is 8.44. The smallest absolute Gasteiger partial charge is 0.274 e. The molecule has 1 aromatic carbocycles. The van der Waals surface area contributed by atoms with Gasteiger partial charge in [-0.25, -0.2) is 5.48 Å². The van der Waals surface area contributed by atoms with Crippen LogP contribution in [0.1, 0.15) is 62.4 Å². The van der Waals surface area contributed by atoms with Gasteiger partial charge in [-0.2, -0.15) is 0 Å². The first-order chi connectivity index (χ1) is 11.1. The summed E-state index contributed by atoms with van der Waals surface area (Å²) in [4.78, 5) is 11.3. The molecule has 3 N–H and O–H groups in total. The van der Waals surface area contributed by atoms with Gasteiger partial charge in [0.15, 0.2) is 0 Å². The van der Waals surface area contributed by atoms with Gasteiger partial charge in [0.2, 0.25) is 0 Å². The molecule has 128 valence electrons. The quantitative estimate of drug-likeness (QED) is 0.346. The highest BCUT2D eigenvalue weighted by Crippen LogP contribution is 2.36. The van der Waals surface area contributed by atoms with Crippen molar-refractivity contribution in [2.45, 2.75) is 59.0 Å². The van der Waals surface area contributed by atoms with E-state index in [1.807, 2.05) is 18.2 Å². The van der Waals surface area contributed by atoms with E-state index >= 15 is 0 Å². The van der Waals surface area contributed by atoms with Crippen molar-refractivity contribution in [3.05, 3.63) is 48.0 Å². The molecule has 1 atom stereocenters. The minimum Gasteiger partial charge on any atom is -0.309 e. The third-order valence-electron chi connectivity index (χ3n) is 4.98. The summed E-state index contributed by atoms with van der Waals surface area (Å²) >= 11 is 0. The second-order valence-corrected chi connectivity index (χ2v) is 6.04. The number of rotatable bonds is 10. The molecule has 0 saturated carbocycles. The third-order valence-corrected chi connectivity index (χ3v) is 4.98. The maximum Gasteiger partial charge on any atom is 0.274 e. The Morgan fingerprint density at radius 2 is 1.87 bits per heavy atom. The normalized spacial score (nSPS) is 12.7. The molecule has 0 radical (unpaired) electrons. The number of hydroxylamine groups is 1. The highest BCUT2D eigenvalue weighted by Gasteiger charge is 2.32. The zero-order valence-corrected chi connectivity index (χ0v) is 14.6. The van der Waals surface area contributed by atoms with E-state index in [0.29, 0.717) is 11.6 Å². The van der Waals surface area contributed by atoms with Crippen LogP contribution < -0.4 is 10.8 Å². The first-order valence-corrected chi connectivity index (χ1v) is 8.44. The molecule has 0 aliphatic carbocycles. The Kier molecular flexibility index (Phi) is 8.00. The van der Waals surface area contributed by atoms with Gasteiger partial charge in [-0.3, -0.25) is 10.0 Å². The SMILES string of the molecule is C=CCC(CC)(CC)C(CC)NCc1ccc(C(=O)NO)cc1. The summed E-state index contributed by atoms with van der Waals surface area (Å²) in [7, 11) is 0. The highest BCUT2D eigenvalue weighted by atomic mass is 16.5. The lowest BCUT2D eigenvalue weighted by Crippen LogP contribution is -2.44. The molecule has 0 saturated heterocycles. The summed E-state index contributed by atoms with van der Waals surface area (Å²) in [5, 5.41) is 12.3. The molecule has 4 nitrogen and oxygen atoms in total. The van der Waals surface area contributed by atoms with Gasteiger partial charge in [0.1, 0.15) is 0 Å². The van der Waals surface area contributed by atoms with Crippen molar-refractivity contribution < 1.29 is 10.0 Å². The maximum atomic E-state index is 11.3. The molecule has 0 spiro atoms. The van der Waals surface area contributed by atoms with Crippen LogP contribution in [0.15, 0.2) is 36.9 Å². The van der Waals surface area contributed by atoms with E-state index < -0.39 is 5.91 Å². The lowest BCUT2D eigenvalue weighted by molar-refractivity contribution is 0.0706. The molecule has 0 aromatic heterocycles. The molecular weight excluding hydrogens is 288 g/mol. The lowest BCUT2D eigenvalue weighted by Gasteiger charge is -2.39. The van der Waals surface area contributed by atoms with E-state index in [4.69, 9.17) is 5.21 Å². The van der Waals surface area contributed by atoms with Crippen LogP contribution in [0.4, 0.5) is 0 Å². The van der Waals surface area contributed by atoms with Crippen LogP contribution in [-0.4, -0.2) is 17.2 Å². The third kappa shape index (κ3) is 4.91. The van der Waals surface area contributed by atoms with Gasteiger partial charge in [0.05, 0.1) is 0 Å². The van der Waals surface area contributed by atoms with Crippen molar-refractivity contribution in [2.24, 2.45) is 5.41 Å². The molecule has 1 aromatic rings. The molecule has 1 unspecified atom stereocenters. The highest BCUT2D eigenvalue weighted by molar-refractivity contribution is 5.93. The monoisotopic (exact) mass is 318 g/mol. The molecule has 1 rings (SSSR count). The van der Waals surface area contributed by atoms with E-state index in [1.54, 1.807) is 17.6 Å². The second-order valence-electron chi connectivity index (χ2n) is 6.04. The number of allylic oxidation sites excluding steroid dienone is 1. The van der Waals surface area contributed by atoms with Crippen molar-refractivity contribution in [1.29, 1.82) is 0 Å². The van der Waals surface area contributed by atoms with Crippen LogP contribution in [0, 0.1) is 5.41 Å². The minimum atomic E-state index is -0.488. The van der Waals surface area contributed by atoms with Crippen molar-refractivity contribution >= 4 is 5.91 Å². The Morgan fingerprint density at radius 1 is 1.26 bits per heavy atom. The van der Waals surface area contributed by atoms with Crippen molar-refractivity contribution in [3.8, 4) is 0 Å². The summed E-state index contributed by atoms with van der Waals surface area (Å²) in [6, 6.07) is 7.70. The Bertz CT molecular complexity index is 493. The van der Waals surface area contributed by atoms with Crippen molar-refractivity contribution in [3.63, 3.8) is 0 Å². The number of hydrogen-bond acceptors (Lipinski definition) is 3.